The van der Waals surface area contributed by atoms with Gasteiger partial charge in [0.05, 0.1) is 11.1 Å². The van der Waals surface area contributed by atoms with Crippen LogP contribution >= 0.6 is 10.7 Å². The van der Waals surface area contributed by atoms with Crippen LogP contribution in [0.1, 0.15) is 21.5 Å². The van der Waals surface area contributed by atoms with E-state index in [1.165, 1.54) is 0 Å². The zero-order valence-electron chi connectivity index (χ0n) is 9.01. The van der Waals surface area contributed by atoms with Crippen LogP contribution in [0.15, 0.2) is 17.0 Å². The molecule has 0 aliphatic rings. The predicted octanol–water partition coefficient (Wildman–Crippen LogP) is 3.46. The van der Waals surface area contributed by atoms with E-state index in [2.05, 4.69) is 0 Å². The van der Waals surface area contributed by atoms with E-state index in [0.29, 0.717) is 0 Å². The van der Waals surface area contributed by atoms with Crippen LogP contribution in [0.3, 0.4) is 0 Å². The lowest BCUT2D eigenvalue weighted by Gasteiger charge is -2.16. The van der Waals surface area contributed by atoms with E-state index in [1.807, 2.05) is 0 Å². The molecule has 0 aliphatic heterocycles. The Bertz CT molecular complexity index is 647. The number of aldehydes is 1. The van der Waals surface area contributed by atoms with Crippen molar-refractivity contribution >= 4 is 26.0 Å². The molecule has 1 aromatic carbocycles. The fourth-order valence-corrected chi connectivity index (χ4v) is 2.82. The molecule has 0 N–H and O–H groups in total. The number of halogens is 7. The SMILES string of the molecule is O=Cc1c(C(F)(F)F)ccc(C(F)(F)F)c1S(=O)(=O)Cl. The molecule has 0 radical (unpaired) electrons. The van der Waals surface area contributed by atoms with Crippen LogP contribution in [0.4, 0.5) is 26.3 Å². The van der Waals surface area contributed by atoms with Gasteiger partial charge in [-0.15, -0.1) is 0 Å². The lowest BCUT2D eigenvalue weighted by molar-refractivity contribution is -0.143. The molecule has 0 saturated carbocycles. The molecule has 0 saturated heterocycles. The number of rotatable bonds is 2. The van der Waals surface area contributed by atoms with Crippen LogP contribution in [0.2, 0.25) is 0 Å². The first-order valence-electron chi connectivity index (χ1n) is 4.51. The molecule has 0 amide bonds. The van der Waals surface area contributed by atoms with Gasteiger partial charge in [0.25, 0.3) is 9.05 Å². The van der Waals surface area contributed by atoms with Crippen molar-refractivity contribution in [2.24, 2.45) is 0 Å². The van der Waals surface area contributed by atoms with Gasteiger partial charge in [-0.3, -0.25) is 4.79 Å². The van der Waals surface area contributed by atoms with Crippen LogP contribution < -0.4 is 0 Å². The van der Waals surface area contributed by atoms with Gasteiger partial charge >= 0.3 is 12.4 Å². The second kappa shape index (κ2) is 4.92. The highest BCUT2D eigenvalue weighted by molar-refractivity contribution is 8.13. The molecule has 11 heteroatoms. The van der Waals surface area contributed by atoms with Crippen LogP contribution in [-0.2, 0) is 21.4 Å². The Kier molecular flexibility index (Phi) is 4.12. The predicted molar refractivity (Wildman–Crippen MR) is 54.9 cm³/mol. The van der Waals surface area contributed by atoms with E-state index in [4.69, 9.17) is 10.7 Å². The fraction of sp³-hybridized carbons (Fsp3) is 0.222. The maximum absolute atomic E-state index is 12.6. The zero-order chi connectivity index (χ0) is 15.9. The summed E-state index contributed by atoms with van der Waals surface area (Å²) >= 11 is 0. The van der Waals surface area contributed by atoms with E-state index in [0.717, 1.165) is 0 Å². The molecule has 0 bridgehead atoms. The van der Waals surface area contributed by atoms with E-state index >= 15 is 0 Å². The molecule has 1 rings (SSSR count). The first-order valence-corrected chi connectivity index (χ1v) is 6.82. The molecule has 3 nitrogen and oxygen atoms in total. The Labute approximate surface area is 112 Å². The van der Waals surface area contributed by atoms with Crippen LogP contribution in [0, 0.1) is 0 Å². The highest BCUT2D eigenvalue weighted by Crippen LogP contribution is 2.41. The van der Waals surface area contributed by atoms with Gasteiger partial charge < -0.3 is 0 Å². The van der Waals surface area contributed by atoms with Gasteiger partial charge in [0.2, 0.25) is 0 Å². The van der Waals surface area contributed by atoms with E-state index in [-0.39, 0.29) is 12.1 Å². The third-order valence-electron chi connectivity index (χ3n) is 2.17. The van der Waals surface area contributed by atoms with Crippen molar-refractivity contribution < 1.29 is 39.6 Å². The summed E-state index contributed by atoms with van der Waals surface area (Å²) in [5.74, 6) is 0. The minimum atomic E-state index is -5.29. The second-order valence-corrected chi connectivity index (χ2v) is 5.96. The fourth-order valence-electron chi connectivity index (χ4n) is 1.45. The summed E-state index contributed by atoms with van der Waals surface area (Å²) in [4.78, 5) is 8.72. The van der Waals surface area contributed by atoms with Gasteiger partial charge in [-0.1, -0.05) is 0 Å². The molecule has 0 fully saturated rings. The molecular formula is C9H3ClF6O3S. The normalized spacial score (nSPS) is 13.3. The van der Waals surface area contributed by atoms with Crippen LogP contribution in [-0.4, -0.2) is 14.7 Å². The van der Waals surface area contributed by atoms with E-state index in [1.54, 1.807) is 0 Å². The van der Waals surface area contributed by atoms with E-state index in [9.17, 15) is 39.6 Å². The first kappa shape index (κ1) is 16.8. The van der Waals surface area contributed by atoms with Crippen molar-refractivity contribution in [3.8, 4) is 0 Å². The molecule has 0 unspecified atom stereocenters. The molecule has 20 heavy (non-hydrogen) atoms. The van der Waals surface area contributed by atoms with Gasteiger partial charge in [0, 0.05) is 16.2 Å². The topological polar surface area (TPSA) is 51.2 Å². The summed E-state index contributed by atoms with van der Waals surface area (Å²) in [6, 6.07) is -0.122. The maximum Gasteiger partial charge on any atom is 0.417 e. The molecule has 0 aromatic heterocycles. The molecule has 0 aliphatic carbocycles. The van der Waals surface area contributed by atoms with E-state index < -0.39 is 49.3 Å². The first-order chi connectivity index (χ1) is 8.80. The van der Waals surface area contributed by atoms with Crippen molar-refractivity contribution in [1.82, 2.24) is 0 Å². The summed E-state index contributed by atoms with van der Waals surface area (Å²) in [6.07, 6.45) is -11.1. The summed E-state index contributed by atoms with van der Waals surface area (Å²) < 4.78 is 97.7. The summed E-state index contributed by atoms with van der Waals surface area (Å²) in [5, 5.41) is 0. The highest BCUT2D eigenvalue weighted by atomic mass is 35.7. The summed E-state index contributed by atoms with van der Waals surface area (Å²) in [7, 11) is -0.499. The van der Waals surface area contributed by atoms with Crippen molar-refractivity contribution in [2.75, 3.05) is 0 Å². The smallest absolute Gasteiger partial charge is 0.298 e. The standard InChI is InChI=1S/C9H3ClF6O3S/c10-20(18,19)7-4(3-17)5(8(11,12)13)1-2-6(7)9(14,15)16/h1-3H. The maximum atomic E-state index is 12.6. The van der Waals surface area contributed by atoms with Gasteiger partial charge in [-0.25, -0.2) is 8.42 Å². The van der Waals surface area contributed by atoms with Gasteiger partial charge in [-0.2, -0.15) is 26.3 Å². The Hall–Kier alpha value is -1.29. The second-order valence-electron chi connectivity index (χ2n) is 3.45. The third kappa shape index (κ3) is 3.23. The monoisotopic (exact) mass is 340 g/mol. The number of carbonyl (C=O) groups is 1. The molecule has 1 aromatic rings. The third-order valence-corrected chi connectivity index (χ3v) is 3.56. The molecule has 0 atom stereocenters. The lowest BCUT2D eigenvalue weighted by Crippen LogP contribution is -2.18. The van der Waals surface area contributed by atoms with Crippen molar-refractivity contribution in [3.05, 3.63) is 28.8 Å². The highest BCUT2D eigenvalue weighted by Gasteiger charge is 2.43. The Morgan fingerprint density at radius 2 is 1.35 bits per heavy atom. The molecule has 112 valence electrons. The number of hydrogen-bond acceptors (Lipinski definition) is 3. The average Bonchev–Trinajstić information content (AvgIpc) is 2.23. The van der Waals surface area contributed by atoms with Crippen LogP contribution in [0.5, 0.6) is 0 Å². The lowest BCUT2D eigenvalue weighted by atomic mass is 10.0. The van der Waals surface area contributed by atoms with Crippen LogP contribution in [0.25, 0.3) is 0 Å². The quantitative estimate of drug-likeness (QED) is 0.470. The Morgan fingerprint density at radius 3 is 1.65 bits per heavy atom. The number of benzene rings is 1. The largest absolute Gasteiger partial charge is 0.417 e. The molecule has 0 spiro atoms. The van der Waals surface area contributed by atoms with Gasteiger partial charge in [-0.05, 0) is 12.1 Å². The number of hydrogen-bond donors (Lipinski definition) is 0. The average molecular weight is 341 g/mol. The van der Waals surface area contributed by atoms with Crippen molar-refractivity contribution in [1.29, 1.82) is 0 Å². The number of carbonyl (C=O) groups excluding carboxylic acids is 1. The van der Waals surface area contributed by atoms with Gasteiger partial charge in [0.1, 0.15) is 4.90 Å². The molecule has 0 heterocycles. The summed E-state index contributed by atoms with van der Waals surface area (Å²) in [6.45, 7) is 0. The van der Waals surface area contributed by atoms with Crippen molar-refractivity contribution in [2.45, 2.75) is 17.2 Å². The Balaban J connectivity index is 3.94. The summed E-state index contributed by atoms with van der Waals surface area (Å²) in [5.41, 5.74) is -5.44. The minimum absolute atomic E-state index is 0.0296. The molecular weight excluding hydrogens is 338 g/mol. The Morgan fingerprint density at radius 1 is 0.950 bits per heavy atom. The van der Waals surface area contributed by atoms with Crippen molar-refractivity contribution in [3.63, 3.8) is 0 Å². The van der Waals surface area contributed by atoms with Gasteiger partial charge in [0.15, 0.2) is 6.29 Å². The zero-order valence-corrected chi connectivity index (χ0v) is 10.6. The number of alkyl halides is 6. The minimum Gasteiger partial charge on any atom is -0.298 e.